The quantitative estimate of drug-likeness (QED) is 0.320. The summed E-state index contributed by atoms with van der Waals surface area (Å²) in [4.78, 5) is 84.7. The van der Waals surface area contributed by atoms with E-state index >= 15 is 0 Å². The summed E-state index contributed by atoms with van der Waals surface area (Å²) in [6.07, 6.45) is -1.58. The van der Waals surface area contributed by atoms with Gasteiger partial charge in [0.2, 0.25) is 5.91 Å². The number of phenols is 1. The van der Waals surface area contributed by atoms with Crippen molar-refractivity contribution in [1.29, 1.82) is 0 Å². The number of Topliss-reactive ketones (excluding diaryl/α,β-unsaturated/α-hetero) is 4. The van der Waals surface area contributed by atoms with Gasteiger partial charge >= 0.3 is 5.97 Å². The molecule has 1 amide bonds. The monoisotopic (exact) mass is 599 g/mol. The Kier molecular flexibility index (Phi) is 7.89. The molecular weight excluding hydrogens is 558 g/mol. The number of carbonyl (C=O) groups excluding carboxylic acids is 6. The van der Waals surface area contributed by atoms with Crippen LogP contribution in [0.3, 0.4) is 0 Å². The Balaban J connectivity index is 2.11. The van der Waals surface area contributed by atoms with Crippen molar-refractivity contribution in [3.05, 3.63) is 22.8 Å². The number of benzene rings is 1. The van der Waals surface area contributed by atoms with Crippen LogP contribution in [-0.2, 0) is 34.1 Å². The van der Waals surface area contributed by atoms with E-state index in [9.17, 15) is 39.0 Å². The fourth-order valence-corrected chi connectivity index (χ4v) is 7.41. The molecule has 2 saturated carbocycles. The van der Waals surface area contributed by atoms with E-state index in [0.717, 1.165) is 0 Å². The number of anilines is 1. The predicted molar refractivity (Wildman–Crippen MR) is 155 cm³/mol. The first-order valence-electron chi connectivity index (χ1n) is 14.4. The van der Waals surface area contributed by atoms with E-state index in [0.29, 0.717) is 16.8 Å². The van der Waals surface area contributed by atoms with Gasteiger partial charge < -0.3 is 25.6 Å². The standard InChI is InChI=1S/C31H41N3O9/c1-10-15(35)43-26-17-12(2)16-14(33(6)7)11-13(30(3,4)5)23(36)18(16)24(37)19(17)27(39)31(42)21(26)22(34(8)9)25(38)20(28(31)40)29(32)41/h11-12,17,19-22,26,36,42H,10H2,1-9H3,(H2,32,41). The minimum absolute atomic E-state index is 0.108. The number of aliphatic hydroxyl groups is 1. The molecule has 0 aromatic heterocycles. The van der Waals surface area contributed by atoms with Crippen LogP contribution in [0.4, 0.5) is 5.69 Å². The molecule has 8 unspecified atom stereocenters. The first-order valence-corrected chi connectivity index (χ1v) is 14.4. The summed E-state index contributed by atoms with van der Waals surface area (Å²) in [6, 6.07) is 0.341. The normalized spacial score (nSPS) is 32.2. The molecule has 4 rings (SSSR count). The summed E-state index contributed by atoms with van der Waals surface area (Å²) in [5, 5.41) is 23.7. The Bertz CT molecular complexity index is 1440. The molecule has 1 aromatic carbocycles. The summed E-state index contributed by atoms with van der Waals surface area (Å²) in [7, 11) is 6.47. The zero-order valence-corrected chi connectivity index (χ0v) is 26.0. The lowest BCUT2D eigenvalue weighted by atomic mass is 9.49. The number of hydrogen-bond donors (Lipinski definition) is 3. The summed E-state index contributed by atoms with van der Waals surface area (Å²) in [6.45, 7) is 8.83. The zero-order valence-electron chi connectivity index (χ0n) is 26.0. The molecule has 1 aromatic rings. The summed E-state index contributed by atoms with van der Waals surface area (Å²) in [5.41, 5.74) is 3.10. The molecule has 0 spiro atoms. The minimum atomic E-state index is -3.06. The largest absolute Gasteiger partial charge is 0.507 e. The molecular formula is C31H41N3O9. The summed E-state index contributed by atoms with van der Waals surface area (Å²) in [5.74, 6) is -14.2. The molecule has 0 saturated heterocycles. The lowest BCUT2D eigenvalue weighted by Crippen LogP contribution is -2.78. The van der Waals surface area contributed by atoms with E-state index in [1.54, 1.807) is 32.0 Å². The molecule has 43 heavy (non-hydrogen) atoms. The van der Waals surface area contributed by atoms with Crippen LogP contribution in [-0.4, -0.2) is 96.1 Å². The number of likely N-dealkylation sites (N-methyl/N-ethyl adjacent to an activating group) is 1. The maximum atomic E-state index is 14.5. The van der Waals surface area contributed by atoms with Crippen LogP contribution >= 0.6 is 0 Å². The Hall–Kier alpha value is -3.64. The molecule has 3 aliphatic rings. The van der Waals surface area contributed by atoms with Crippen molar-refractivity contribution in [2.75, 3.05) is 33.1 Å². The van der Waals surface area contributed by atoms with Crippen molar-refractivity contribution in [3.63, 3.8) is 0 Å². The molecule has 0 radical (unpaired) electrons. The van der Waals surface area contributed by atoms with Gasteiger partial charge in [-0.25, -0.2) is 0 Å². The number of nitrogens with two attached hydrogens (primary N) is 1. The number of fused-ring (bicyclic) bond motifs is 3. The van der Waals surface area contributed by atoms with E-state index in [-0.39, 0.29) is 17.7 Å². The first kappa shape index (κ1) is 32.3. The van der Waals surface area contributed by atoms with E-state index < -0.39 is 87.8 Å². The number of amides is 1. The van der Waals surface area contributed by atoms with Gasteiger partial charge in [-0.15, -0.1) is 0 Å². The average Bonchev–Trinajstić information content (AvgIpc) is 2.88. The number of nitrogens with zero attached hydrogens (tertiary/aromatic N) is 2. The molecule has 0 heterocycles. The highest BCUT2D eigenvalue weighted by molar-refractivity contribution is 6.32. The van der Waals surface area contributed by atoms with Gasteiger partial charge in [0.25, 0.3) is 0 Å². The number of primary amides is 1. The van der Waals surface area contributed by atoms with Gasteiger partial charge in [0.1, 0.15) is 11.9 Å². The minimum Gasteiger partial charge on any atom is -0.507 e. The van der Waals surface area contributed by atoms with Crippen LogP contribution in [0.1, 0.15) is 68.4 Å². The smallest absolute Gasteiger partial charge is 0.305 e. The third-order valence-electron chi connectivity index (χ3n) is 9.38. The third kappa shape index (κ3) is 4.48. The zero-order chi connectivity index (χ0) is 32.7. The first-order chi connectivity index (χ1) is 19.7. The Morgan fingerprint density at radius 3 is 2.12 bits per heavy atom. The van der Waals surface area contributed by atoms with Gasteiger partial charge in [-0.3, -0.25) is 33.7 Å². The van der Waals surface area contributed by atoms with Gasteiger partial charge in [-0.2, -0.15) is 0 Å². The van der Waals surface area contributed by atoms with Crippen molar-refractivity contribution in [2.24, 2.45) is 29.4 Å². The van der Waals surface area contributed by atoms with Crippen LogP contribution < -0.4 is 10.6 Å². The van der Waals surface area contributed by atoms with Crippen LogP contribution in [0.5, 0.6) is 5.75 Å². The van der Waals surface area contributed by atoms with E-state index in [2.05, 4.69) is 0 Å². The van der Waals surface area contributed by atoms with E-state index in [1.807, 2.05) is 20.8 Å². The molecule has 0 bridgehead atoms. The highest BCUT2D eigenvalue weighted by atomic mass is 16.5. The Morgan fingerprint density at radius 2 is 1.65 bits per heavy atom. The lowest BCUT2D eigenvalue weighted by Gasteiger charge is -2.56. The van der Waals surface area contributed by atoms with E-state index in [4.69, 9.17) is 10.5 Å². The average molecular weight is 600 g/mol. The number of carbonyl (C=O) groups is 6. The van der Waals surface area contributed by atoms with Crippen molar-refractivity contribution in [3.8, 4) is 5.75 Å². The molecule has 8 atom stereocenters. The second-order valence-electron chi connectivity index (χ2n) is 13.4. The number of phenolic OH excluding ortho intramolecular Hbond substituents is 1. The summed E-state index contributed by atoms with van der Waals surface area (Å²) >= 11 is 0. The lowest BCUT2D eigenvalue weighted by molar-refractivity contribution is -0.205. The van der Waals surface area contributed by atoms with Crippen molar-refractivity contribution in [1.82, 2.24) is 4.90 Å². The van der Waals surface area contributed by atoms with Crippen LogP contribution in [0, 0.1) is 23.7 Å². The number of hydrogen-bond acceptors (Lipinski definition) is 11. The number of ketones is 4. The predicted octanol–water partition coefficient (Wildman–Crippen LogP) is 0.723. The Labute approximate surface area is 250 Å². The molecule has 3 aliphatic carbocycles. The van der Waals surface area contributed by atoms with Crippen molar-refractivity contribution in [2.45, 2.75) is 70.1 Å². The van der Waals surface area contributed by atoms with Crippen molar-refractivity contribution >= 4 is 40.7 Å². The third-order valence-corrected chi connectivity index (χ3v) is 9.38. The molecule has 0 aliphatic heterocycles. The molecule has 4 N–H and O–H groups in total. The number of aromatic hydroxyl groups is 1. The maximum Gasteiger partial charge on any atom is 0.305 e. The van der Waals surface area contributed by atoms with Gasteiger partial charge in [0.05, 0.1) is 23.4 Å². The van der Waals surface area contributed by atoms with Crippen LogP contribution in [0.2, 0.25) is 0 Å². The van der Waals surface area contributed by atoms with Gasteiger partial charge in [-0.1, -0.05) is 34.6 Å². The number of esters is 1. The van der Waals surface area contributed by atoms with E-state index in [1.165, 1.54) is 25.9 Å². The van der Waals surface area contributed by atoms with Gasteiger partial charge in [-0.05, 0) is 37.1 Å². The molecule has 2 fully saturated rings. The van der Waals surface area contributed by atoms with Crippen molar-refractivity contribution < 1.29 is 43.7 Å². The van der Waals surface area contributed by atoms with Crippen LogP contribution in [0.25, 0.3) is 0 Å². The van der Waals surface area contributed by atoms with Gasteiger partial charge in [0.15, 0.2) is 34.7 Å². The molecule has 12 heteroatoms. The SMILES string of the molecule is CCC(=O)OC1C2C(C(=O)c3c(O)c(C(C)(C)C)cc(N(C)C)c3C2C)C(=O)C2(O)C(=O)C(C(N)=O)C(=O)C(N(C)C)C12. The maximum absolute atomic E-state index is 14.5. The second-order valence-corrected chi connectivity index (χ2v) is 13.4. The second kappa shape index (κ2) is 10.5. The number of ether oxygens (including phenoxy) is 1. The fourth-order valence-electron chi connectivity index (χ4n) is 7.41. The Morgan fingerprint density at radius 1 is 1.07 bits per heavy atom. The highest BCUT2D eigenvalue weighted by Gasteiger charge is 2.74. The molecule has 12 nitrogen and oxygen atoms in total. The number of rotatable bonds is 5. The summed E-state index contributed by atoms with van der Waals surface area (Å²) < 4.78 is 5.88. The van der Waals surface area contributed by atoms with Gasteiger partial charge in [0, 0.05) is 37.7 Å². The highest BCUT2D eigenvalue weighted by Crippen LogP contribution is 2.57. The van der Waals surface area contributed by atoms with Crippen LogP contribution in [0.15, 0.2) is 6.07 Å². The molecule has 234 valence electrons. The fraction of sp³-hybridized carbons (Fsp3) is 0.613. The topological polar surface area (TPSA) is 185 Å².